The predicted octanol–water partition coefficient (Wildman–Crippen LogP) is 1.70. The molecule has 2 aromatic rings. The number of likely N-dealkylation sites (tertiary alicyclic amines) is 1. The molecule has 2 saturated heterocycles. The van der Waals surface area contributed by atoms with E-state index < -0.39 is 0 Å². The van der Waals surface area contributed by atoms with Gasteiger partial charge in [-0.15, -0.1) is 0 Å². The van der Waals surface area contributed by atoms with Crippen LogP contribution >= 0.6 is 0 Å². The van der Waals surface area contributed by atoms with Gasteiger partial charge in [-0.3, -0.25) is 14.7 Å². The summed E-state index contributed by atoms with van der Waals surface area (Å²) in [5.41, 5.74) is 2.09. The maximum atomic E-state index is 12.3. The standard InChI is InChI=1S/C20H28N6O2/c27-18(4-3-11-26-10-2-1-5-19(26)28)22-20-16-7-6-15(14-17(16)23-24-20)25-12-8-21-9-13-25/h6-7,14,21H,1-5,8-13H2,(H2,22,23,24,27). The summed E-state index contributed by atoms with van der Waals surface area (Å²) in [6.07, 6.45) is 3.75. The van der Waals surface area contributed by atoms with Gasteiger partial charge in [0.2, 0.25) is 11.8 Å². The summed E-state index contributed by atoms with van der Waals surface area (Å²) in [5, 5.41) is 14.5. The summed E-state index contributed by atoms with van der Waals surface area (Å²) >= 11 is 0. The zero-order valence-electron chi connectivity index (χ0n) is 16.2. The summed E-state index contributed by atoms with van der Waals surface area (Å²) in [4.78, 5) is 28.3. The first-order valence-electron chi connectivity index (χ1n) is 10.2. The minimum absolute atomic E-state index is 0.0657. The monoisotopic (exact) mass is 384 g/mol. The zero-order valence-corrected chi connectivity index (χ0v) is 16.2. The molecule has 3 heterocycles. The van der Waals surface area contributed by atoms with Crippen LogP contribution in [0.2, 0.25) is 0 Å². The van der Waals surface area contributed by atoms with Crippen LogP contribution in [-0.2, 0) is 9.59 Å². The van der Waals surface area contributed by atoms with Gasteiger partial charge in [-0.1, -0.05) is 0 Å². The lowest BCUT2D eigenvalue weighted by molar-refractivity contribution is -0.133. The van der Waals surface area contributed by atoms with E-state index in [1.54, 1.807) is 0 Å². The first-order valence-corrected chi connectivity index (χ1v) is 10.2. The third kappa shape index (κ3) is 4.27. The van der Waals surface area contributed by atoms with Crippen LogP contribution in [0.3, 0.4) is 0 Å². The number of H-pyrrole nitrogens is 1. The van der Waals surface area contributed by atoms with E-state index in [1.807, 2.05) is 11.0 Å². The molecule has 8 heteroatoms. The van der Waals surface area contributed by atoms with E-state index in [0.717, 1.165) is 56.5 Å². The Balaban J connectivity index is 1.32. The number of piperidine rings is 1. The molecule has 28 heavy (non-hydrogen) atoms. The minimum atomic E-state index is -0.0657. The Morgan fingerprint density at radius 2 is 2.04 bits per heavy atom. The average Bonchev–Trinajstić information content (AvgIpc) is 3.12. The van der Waals surface area contributed by atoms with Gasteiger partial charge in [0.1, 0.15) is 0 Å². The van der Waals surface area contributed by atoms with Crippen LogP contribution in [0.15, 0.2) is 18.2 Å². The first-order chi connectivity index (χ1) is 13.7. The summed E-state index contributed by atoms with van der Waals surface area (Å²) in [6, 6.07) is 6.18. The number of piperazine rings is 1. The van der Waals surface area contributed by atoms with Gasteiger partial charge in [0.15, 0.2) is 5.82 Å². The van der Waals surface area contributed by atoms with E-state index in [4.69, 9.17) is 0 Å². The fourth-order valence-corrected chi connectivity index (χ4v) is 3.95. The van der Waals surface area contributed by atoms with Crippen molar-refractivity contribution in [1.82, 2.24) is 20.4 Å². The number of nitrogens with one attached hydrogen (secondary N) is 3. The van der Waals surface area contributed by atoms with Crippen molar-refractivity contribution < 1.29 is 9.59 Å². The Kier molecular flexibility index (Phi) is 5.76. The number of carbonyl (C=O) groups excluding carboxylic acids is 2. The van der Waals surface area contributed by atoms with E-state index >= 15 is 0 Å². The van der Waals surface area contributed by atoms with Crippen molar-refractivity contribution in [2.45, 2.75) is 32.1 Å². The smallest absolute Gasteiger partial charge is 0.225 e. The van der Waals surface area contributed by atoms with Crippen molar-refractivity contribution in [3.63, 3.8) is 0 Å². The number of nitrogens with zero attached hydrogens (tertiary/aromatic N) is 3. The molecule has 2 amide bonds. The number of aromatic nitrogens is 2. The molecule has 0 bridgehead atoms. The lowest BCUT2D eigenvalue weighted by Crippen LogP contribution is -2.43. The summed E-state index contributed by atoms with van der Waals surface area (Å²) in [5.74, 6) is 0.718. The molecule has 4 rings (SSSR count). The molecule has 1 aromatic heterocycles. The maximum absolute atomic E-state index is 12.3. The minimum Gasteiger partial charge on any atom is -0.369 e. The topological polar surface area (TPSA) is 93.4 Å². The number of hydrogen-bond acceptors (Lipinski definition) is 5. The number of carbonyl (C=O) groups is 2. The second-order valence-corrected chi connectivity index (χ2v) is 7.53. The Labute approximate surface area is 164 Å². The highest BCUT2D eigenvalue weighted by Gasteiger charge is 2.18. The molecule has 2 aliphatic heterocycles. The van der Waals surface area contributed by atoms with Crippen molar-refractivity contribution in [3.05, 3.63) is 18.2 Å². The van der Waals surface area contributed by atoms with E-state index in [-0.39, 0.29) is 11.8 Å². The van der Waals surface area contributed by atoms with Gasteiger partial charge >= 0.3 is 0 Å². The Bertz CT molecular complexity index is 842. The highest BCUT2D eigenvalue weighted by molar-refractivity contribution is 6.00. The fourth-order valence-electron chi connectivity index (χ4n) is 3.95. The Morgan fingerprint density at radius 3 is 2.86 bits per heavy atom. The third-order valence-corrected chi connectivity index (χ3v) is 5.54. The van der Waals surface area contributed by atoms with Gasteiger partial charge in [-0.25, -0.2) is 0 Å². The van der Waals surface area contributed by atoms with Gasteiger partial charge in [-0.05, 0) is 37.5 Å². The van der Waals surface area contributed by atoms with E-state index in [1.165, 1.54) is 5.69 Å². The molecule has 0 aliphatic carbocycles. The second kappa shape index (κ2) is 8.60. The second-order valence-electron chi connectivity index (χ2n) is 7.53. The van der Waals surface area contributed by atoms with E-state index in [0.29, 0.717) is 31.6 Å². The molecule has 0 radical (unpaired) electrons. The quantitative estimate of drug-likeness (QED) is 0.705. The van der Waals surface area contributed by atoms with Gasteiger partial charge in [0.25, 0.3) is 0 Å². The number of hydrogen-bond donors (Lipinski definition) is 3. The molecule has 8 nitrogen and oxygen atoms in total. The van der Waals surface area contributed by atoms with E-state index in [2.05, 4.69) is 37.9 Å². The molecule has 150 valence electrons. The van der Waals surface area contributed by atoms with Crippen molar-refractivity contribution in [1.29, 1.82) is 0 Å². The van der Waals surface area contributed by atoms with Gasteiger partial charge < -0.3 is 20.4 Å². The van der Waals surface area contributed by atoms with Crippen LogP contribution in [0.4, 0.5) is 11.5 Å². The Morgan fingerprint density at radius 1 is 1.18 bits per heavy atom. The molecule has 2 fully saturated rings. The fraction of sp³-hybridized carbons (Fsp3) is 0.550. The first kappa shape index (κ1) is 18.7. The average molecular weight is 384 g/mol. The molecule has 0 saturated carbocycles. The molecule has 2 aliphatic rings. The largest absolute Gasteiger partial charge is 0.369 e. The van der Waals surface area contributed by atoms with Crippen LogP contribution in [0.1, 0.15) is 32.1 Å². The van der Waals surface area contributed by atoms with Crippen molar-refractivity contribution in [2.75, 3.05) is 49.5 Å². The lowest BCUT2D eigenvalue weighted by atomic mass is 10.1. The SMILES string of the molecule is O=C(CCCN1CCCCC1=O)Nc1n[nH]c2cc(N3CCNCC3)ccc12. The highest BCUT2D eigenvalue weighted by Crippen LogP contribution is 2.26. The number of anilines is 2. The van der Waals surface area contributed by atoms with Crippen LogP contribution < -0.4 is 15.5 Å². The van der Waals surface area contributed by atoms with Gasteiger partial charge in [0.05, 0.1) is 5.52 Å². The molecular formula is C20H28N6O2. The summed E-state index contributed by atoms with van der Waals surface area (Å²) < 4.78 is 0. The zero-order chi connectivity index (χ0) is 19.3. The number of amides is 2. The predicted molar refractivity (Wildman–Crippen MR) is 109 cm³/mol. The van der Waals surface area contributed by atoms with Crippen molar-refractivity contribution in [3.8, 4) is 0 Å². The van der Waals surface area contributed by atoms with Crippen LogP contribution in [0, 0.1) is 0 Å². The molecular weight excluding hydrogens is 356 g/mol. The van der Waals surface area contributed by atoms with Crippen LogP contribution in [0.5, 0.6) is 0 Å². The molecule has 3 N–H and O–H groups in total. The number of benzene rings is 1. The molecule has 0 unspecified atom stereocenters. The number of fused-ring (bicyclic) bond motifs is 1. The number of aromatic amines is 1. The van der Waals surface area contributed by atoms with Crippen LogP contribution in [-0.4, -0.2) is 66.2 Å². The summed E-state index contributed by atoms with van der Waals surface area (Å²) in [7, 11) is 0. The highest BCUT2D eigenvalue weighted by atomic mass is 16.2. The maximum Gasteiger partial charge on any atom is 0.225 e. The van der Waals surface area contributed by atoms with Crippen molar-refractivity contribution in [2.24, 2.45) is 0 Å². The van der Waals surface area contributed by atoms with Crippen molar-refractivity contribution >= 4 is 34.2 Å². The molecule has 0 spiro atoms. The molecule has 0 atom stereocenters. The third-order valence-electron chi connectivity index (χ3n) is 5.54. The number of rotatable bonds is 6. The lowest BCUT2D eigenvalue weighted by Gasteiger charge is -2.29. The normalized spacial score (nSPS) is 17.9. The van der Waals surface area contributed by atoms with Gasteiger partial charge in [0, 0.05) is 63.2 Å². The van der Waals surface area contributed by atoms with Crippen LogP contribution in [0.25, 0.3) is 10.9 Å². The van der Waals surface area contributed by atoms with Gasteiger partial charge in [-0.2, -0.15) is 5.10 Å². The Hall–Kier alpha value is -2.61. The summed E-state index contributed by atoms with van der Waals surface area (Å²) in [6.45, 7) is 5.43. The molecule has 1 aromatic carbocycles. The van der Waals surface area contributed by atoms with E-state index in [9.17, 15) is 9.59 Å².